The lowest BCUT2D eigenvalue weighted by Crippen LogP contribution is -2.45. The molecule has 1 saturated carbocycles. The molecule has 1 aliphatic carbocycles. The van der Waals surface area contributed by atoms with Crippen LogP contribution in [0.15, 0.2) is 52.0 Å². The molecule has 1 aromatic carbocycles. The highest BCUT2D eigenvalue weighted by Gasteiger charge is 2.29. The Hall–Kier alpha value is -3.39. The molecule has 1 fully saturated rings. The van der Waals surface area contributed by atoms with Crippen molar-refractivity contribution in [1.29, 1.82) is 0 Å². The van der Waals surface area contributed by atoms with E-state index >= 15 is 0 Å². The number of halogens is 1. The minimum atomic E-state index is -0.664. The molecule has 1 aliphatic rings. The Morgan fingerprint density at radius 2 is 2.12 bits per heavy atom. The molecule has 176 valence electrons. The molecule has 0 aliphatic heterocycles. The summed E-state index contributed by atoms with van der Waals surface area (Å²) in [4.78, 5) is 30.4. The molecule has 1 N–H and O–H groups in total. The number of nitrogens with one attached hydrogen (secondary N) is 1. The Morgan fingerprint density at radius 3 is 2.91 bits per heavy atom. The van der Waals surface area contributed by atoms with Crippen LogP contribution in [0.25, 0.3) is 21.8 Å². The first kappa shape index (κ1) is 22.4. The summed E-state index contributed by atoms with van der Waals surface area (Å²) >= 11 is 6.53. The molecule has 5 rings (SSSR count). The van der Waals surface area contributed by atoms with Gasteiger partial charge in [0, 0.05) is 23.7 Å². The number of aryl methyl sites for hydroxylation is 1. The van der Waals surface area contributed by atoms with E-state index in [-0.39, 0.29) is 23.6 Å². The fourth-order valence-electron chi connectivity index (χ4n) is 4.86. The fraction of sp³-hybridized carbons (Fsp3) is 0.360. The van der Waals surface area contributed by atoms with Gasteiger partial charge in [0.2, 0.25) is 0 Å². The van der Waals surface area contributed by atoms with Gasteiger partial charge in [-0.25, -0.2) is 0 Å². The number of pyridine rings is 2. The van der Waals surface area contributed by atoms with Gasteiger partial charge in [-0.3, -0.25) is 14.6 Å². The number of hydrogen-bond donors (Lipinski definition) is 1. The van der Waals surface area contributed by atoms with Gasteiger partial charge in [-0.1, -0.05) is 22.8 Å². The first-order valence-electron chi connectivity index (χ1n) is 11.4. The van der Waals surface area contributed by atoms with E-state index in [1.54, 1.807) is 44.4 Å². The van der Waals surface area contributed by atoms with E-state index in [0.29, 0.717) is 39.2 Å². The number of benzene rings is 1. The molecule has 3 atom stereocenters. The van der Waals surface area contributed by atoms with E-state index in [4.69, 9.17) is 20.9 Å². The number of nitrogens with zero attached hydrogens (tertiary/aromatic N) is 3. The van der Waals surface area contributed by atoms with E-state index in [2.05, 4.69) is 15.5 Å². The first-order valence-corrected chi connectivity index (χ1v) is 11.8. The van der Waals surface area contributed by atoms with Crippen molar-refractivity contribution in [3.8, 4) is 5.75 Å². The van der Waals surface area contributed by atoms with Crippen molar-refractivity contribution >= 4 is 39.3 Å². The second-order valence-corrected chi connectivity index (χ2v) is 9.15. The number of carbonyl (C=O) groups is 1. The van der Waals surface area contributed by atoms with Crippen LogP contribution >= 0.6 is 11.6 Å². The number of rotatable bonds is 5. The molecule has 3 unspecified atom stereocenters. The molecular weight excluding hydrogens is 456 g/mol. The van der Waals surface area contributed by atoms with Crippen molar-refractivity contribution < 1.29 is 14.1 Å². The maximum atomic E-state index is 13.6. The number of carbonyl (C=O) groups excluding carboxylic acids is 1. The summed E-state index contributed by atoms with van der Waals surface area (Å²) in [6.07, 6.45) is 5.73. The summed E-state index contributed by atoms with van der Waals surface area (Å²) < 4.78 is 12.9. The van der Waals surface area contributed by atoms with Crippen molar-refractivity contribution in [2.45, 2.75) is 57.7 Å². The highest BCUT2D eigenvalue weighted by Crippen LogP contribution is 2.35. The standard InChI is InChI=1S/C25H25ClN4O4/c1-14-21-23(29-34-14)22-19(26)9-4-10-20(22)30(25(21)32)17-7-3-6-16(12-17)28-24(31)15(2)33-18-8-5-11-27-13-18/h4-5,8-11,13,15-17H,3,6-7,12H2,1-2H3,(H,28,31). The number of aromatic nitrogens is 3. The average molecular weight is 481 g/mol. The SMILES string of the molecule is Cc1onc2c1c(=O)n(C1CCCC(NC(=O)C(C)Oc3cccnc3)C1)c1cccc(Cl)c21. The monoisotopic (exact) mass is 480 g/mol. The lowest BCUT2D eigenvalue weighted by molar-refractivity contribution is -0.128. The van der Waals surface area contributed by atoms with Crippen LogP contribution in [0.3, 0.4) is 0 Å². The Labute approximate surface area is 200 Å². The van der Waals surface area contributed by atoms with Gasteiger partial charge in [0.25, 0.3) is 11.5 Å². The summed E-state index contributed by atoms with van der Waals surface area (Å²) in [6.45, 7) is 3.45. The lowest BCUT2D eigenvalue weighted by atomic mass is 9.90. The van der Waals surface area contributed by atoms with E-state index in [0.717, 1.165) is 24.8 Å². The van der Waals surface area contributed by atoms with E-state index in [1.165, 1.54) is 0 Å². The second kappa shape index (κ2) is 9.10. The molecule has 3 heterocycles. The largest absolute Gasteiger partial charge is 0.479 e. The smallest absolute Gasteiger partial charge is 0.264 e. The van der Waals surface area contributed by atoms with E-state index in [1.807, 2.05) is 16.7 Å². The van der Waals surface area contributed by atoms with Crippen LogP contribution in [0.1, 0.15) is 44.4 Å². The highest BCUT2D eigenvalue weighted by atomic mass is 35.5. The third kappa shape index (κ3) is 4.03. The molecule has 3 aromatic heterocycles. The Bertz CT molecular complexity index is 1420. The molecule has 0 bridgehead atoms. The van der Waals surface area contributed by atoms with Crippen LogP contribution in [0, 0.1) is 6.92 Å². The number of amides is 1. The number of ether oxygens (including phenoxy) is 1. The first-order chi connectivity index (χ1) is 16.4. The van der Waals surface area contributed by atoms with Gasteiger partial charge in [-0.15, -0.1) is 0 Å². The van der Waals surface area contributed by atoms with Gasteiger partial charge in [-0.05, 0) is 63.8 Å². The molecule has 1 amide bonds. The van der Waals surface area contributed by atoms with Crippen molar-refractivity contribution in [2.75, 3.05) is 0 Å². The van der Waals surface area contributed by atoms with Gasteiger partial charge in [0.15, 0.2) is 6.10 Å². The average Bonchev–Trinajstić information content (AvgIpc) is 3.22. The summed E-state index contributed by atoms with van der Waals surface area (Å²) in [7, 11) is 0. The predicted octanol–water partition coefficient (Wildman–Crippen LogP) is 4.57. The second-order valence-electron chi connectivity index (χ2n) is 8.75. The molecule has 0 saturated heterocycles. The van der Waals surface area contributed by atoms with Gasteiger partial charge >= 0.3 is 0 Å². The van der Waals surface area contributed by atoms with Crippen molar-refractivity contribution in [3.63, 3.8) is 0 Å². The highest BCUT2D eigenvalue weighted by molar-refractivity contribution is 6.37. The summed E-state index contributed by atoms with van der Waals surface area (Å²) in [6, 6.07) is 8.85. The quantitative estimate of drug-likeness (QED) is 0.449. The van der Waals surface area contributed by atoms with Gasteiger partial charge in [-0.2, -0.15) is 0 Å². The molecule has 0 radical (unpaired) electrons. The van der Waals surface area contributed by atoms with Gasteiger partial charge in [0.1, 0.15) is 22.4 Å². The Kier molecular flexibility index (Phi) is 6.00. The third-order valence-electron chi connectivity index (χ3n) is 6.46. The third-order valence-corrected chi connectivity index (χ3v) is 6.77. The fourth-order valence-corrected chi connectivity index (χ4v) is 5.12. The van der Waals surface area contributed by atoms with Crippen LogP contribution in [0.4, 0.5) is 0 Å². The molecular formula is C25H25ClN4O4. The molecule has 9 heteroatoms. The Balaban J connectivity index is 1.42. The van der Waals surface area contributed by atoms with Crippen molar-refractivity contribution in [2.24, 2.45) is 0 Å². The van der Waals surface area contributed by atoms with Crippen LogP contribution in [-0.2, 0) is 4.79 Å². The van der Waals surface area contributed by atoms with Gasteiger partial charge in [0.05, 0.1) is 16.7 Å². The number of hydrogen-bond acceptors (Lipinski definition) is 6. The normalized spacial score (nSPS) is 19.3. The van der Waals surface area contributed by atoms with E-state index in [9.17, 15) is 9.59 Å². The summed E-state index contributed by atoms with van der Waals surface area (Å²) in [5, 5.41) is 8.90. The molecule has 4 aromatic rings. The van der Waals surface area contributed by atoms with E-state index < -0.39 is 6.10 Å². The molecule has 0 spiro atoms. The molecule has 34 heavy (non-hydrogen) atoms. The number of fused-ring (bicyclic) bond motifs is 3. The zero-order valence-electron chi connectivity index (χ0n) is 19.0. The predicted molar refractivity (Wildman–Crippen MR) is 129 cm³/mol. The van der Waals surface area contributed by atoms with Gasteiger partial charge < -0.3 is 19.1 Å². The van der Waals surface area contributed by atoms with Crippen molar-refractivity contribution in [1.82, 2.24) is 20.0 Å². The van der Waals surface area contributed by atoms with Crippen molar-refractivity contribution in [3.05, 3.63) is 63.9 Å². The lowest BCUT2D eigenvalue weighted by Gasteiger charge is -2.32. The summed E-state index contributed by atoms with van der Waals surface area (Å²) in [5.74, 6) is 0.816. The zero-order valence-corrected chi connectivity index (χ0v) is 19.7. The molecule has 8 nitrogen and oxygen atoms in total. The zero-order chi connectivity index (χ0) is 23.8. The maximum absolute atomic E-state index is 13.6. The maximum Gasteiger partial charge on any atom is 0.264 e. The van der Waals surface area contributed by atoms with Crippen LogP contribution < -0.4 is 15.6 Å². The Morgan fingerprint density at radius 1 is 1.26 bits per heavy atom. The van der Waals surface area contributed by atoms with Crippen LogP contribution in [0.2, 0.25) is 5.02 Å². The minimum absolute atomic E-state index is 0.0772. The minimum Gasteiger partial charge on any atom is -0.479 e. The summed E-state index contributed by atoms with van der Waals surface area (Å²) in [5.41, 5.74) is 1.07. The topological polar surface area (TPSA) is 99.2 Å². The van der Waals surface area contributed by atoms with Crippen LogP contribution in [-0.4, -0.2) is 32.8 Å². The van der Waals surface area contributed by atoms with Crippen LogP contribution in [0.5, 0.6) is 5.75 Å².